The molecule has 122 valence electrons. The zero-order chi connectivity index (χ0) is 16.5. The highest BCUT2D eigenvalue weighted by Crippen LogP contribution is 2.30. The van der Waals surface area contributed by atoms with Crippen LogP contribution in [0.2, 0.25) is 10.0 Å². The van der Waals surface area contributed by atoms with Crippen molar-refractivity contribution in [2.45, 2.75) is 10.6 Å². The molecule has 0 aliphatic rings. The first kappa shape index (κ1) is 18.9. The van der Waals surface area contributed by atoms with Crippen LogP contribution in [0, 0.1) is 0 Å². The Morgan fingerprint density at radius 1 is 1.09 bits per heavy atom. The first-order valence-electron chi connectivity index (χ1n) is 6.83. The highest BCUT2D eigenvalue weighted by molar-refractivity contribution is 8.77. The van der Waals surface area contributed by atoms with Crippen molar-refractivity contribution >= 4 is 56.6 Å². The summed E-state index contributed by atoms with van der Waals surface area (Å²) in [6.07, 6.45) is 2.16. The number of halogens is 2. The molecular formula is C17H16Cl2OS3. The van der Waals surface area contributed by atoms with Crippen molar-refractivity contribution in [2.75, 3.05) is 12.9 Å². The molecule has 0 N–H and O–H groups in total. The number of ether oxygens (including phenoxy) is 1. The summed E-state index contributed by atoms with van der Waals surface area (Å²) in [6, 6.07) is 13.9. The third kappa shape index (κ3) is 6.94. The first-order chi connectivity index (χ1) is 11.2. The SMILES string of the molecule is COc1cccc(SC/C=C/SSCc2ccc(Cl)c(Cl)c2)c1. The van der Waals surface area contributed by atoms with Gasteiger partial charge in [-0.05, 0) is 41.3 Å². The number of rotatable bonds is 8. The molecule has 0 spiro atoms. The van der Waals surface area contributed by atoms with Gasteiger partial charge in [-0.2, -0.15) is 0 Å². The van der Waals surface area contributed by atoms with Crippen LogP contribution >= 0.6 is 56.6 Å². The van der Waals surface area contributed by atoms with E-state index in [9.17, 15) is 0 Å². The fraction of sp³-hybridized carbons (Fsp3) is 0.176. The Hall–Kier alpha value is -0.390. The van der Waals surface area contributed by atoms with E-state index in [1.54, 1.807) is 40.5 Å². The van der Waals surface area contributed by atoms with E-state index in [0.29, 0.717) is 10.0 Å². The van der Waals surface area contributed by atoms with E-state index < -0.39 is 0 Å². The molecule has 0 heterocycles. The van der Waals surface area contributed by atoms with Crippen molar-refractivity contribution < 1.29 is 4.74 Å². The molecule has 6 heteroatoms. The number of hydrogen-bond donors (Lipinski definition) is 0. The van der Waals surface area contributed by atoms with E-state index in [0.717, 1.165) is 17.3 Å². The molecule has 0 aromatic heterocycles. The summed E-state index contributed by atoms with van der Waals surface area (Å²) in [6.45, 7) is 0. The second-order valence-corrected chi connectivity index (χ2v) is 8.65. The van der Waals surface area contributed by atoms with Crippen molar-refractivity contribution in [2.24, 2.45) is 0 Å². The minimum absolute atomic E-state index is 0.600. The number of hydrogen-bond acceptors (Lipinski definition) is 4. The van der Waals surface area contributed by atoms with Gasteiger partial charge < -0.3 is 4.74 Å². The van der Waals surface area contributed by atoms with Crippen molar-refractivity contribution in [1.29, 1.82) is 0 Å². The van der Waals surface area contributed by atoms with Crippen molar-refractivity contribution in [3.8, 4) is 5.75 Å². The van der Waals surface area contributed by atoms with Crippen LogP contribution in [-0.2, 0) is 5.75 Å². The maximum absolute atomic E-state index is 6.00. The average molecular weight is 403 g/mol. The largest absolute Gasteiger partial charge is 0.497 e. The van der Waals surface area contributed by atoms with Crippen LogP contribution in [0.3, 0.4) is 0 Å². The zero-order valence-corrected chi connectivity index (χ0v) is 16.5. The third-order valence-electron chi connectivity index (χ3n) is 2.82. The lowest BCUT2D eigenvalue weighted by Crippen LogP contribution is -1.82. The van der Waals surface area contributed by atoms with Crippen molar-refractivity contribution in [3.63, 3.8) is 0 Å². The Labute approximate surface area is 159 Å². The quantitative estimate of drug-likeness (QED) is 0.262. The van der Waals surface area contributed by atoms with Gasteiger partial charge in [0, 0.05) is 16.4 Å². The Morgan fingerprint density at radius 3 is 2.74 bits per heavy atom. The highest BCUT2D eigenvalue weighted by Gasteiger charge is 1.99. The molecule has 0 radical (unpaired) electrons. The Kier molecular flexibility index (Phi) is 8.62. The molecular weight excluding hydrogens is 387 g/mol. The van der Waals surface area contributed by atoms with Crippen LogP contribution < -0.4 is 4.74 Å². The van der Waals surface area contributed by atoms with Gasteiger partial charge in [0.15, 0.2) is 0 Å². The molecule has 0 atom stereocenters. The molecule has 0 unspecified atom stereocenters. The number of methoxy groups -OCH3 is 1. The minimum atomic E-state index is 0.600. The highest BCUT2D eigenvalue weighted by atomic mass is 35.5. The minimum Gasteiger partial charge on any atom is -0.497 e. The fourth-order valence-electron chi connectivity index (χ4n) is 1.68. The van der Waals surface area contributed by atoms with E-state index in [1.807, 2.05) is 36.4 Å². The molecule has 0 aliphatic carbocycles. The molecule has 1 nitrogen and oxygen atoms in total. The van der Waals surface area contributed by atoms with Gasteiger partial charge in [0.1, 0.15) is 5.75 Å². The summed E-state index contributed by atoms with van der Waals surface area (Å²) in [7, 11) is 5.18. The van der Waals surface area contributed by atoms with Gasteiger partial charge in [-0.25, -0.2) is 0 Å². The lowest BCUT2D eigenvalue weighted by molar-refractivity contribution is 0.413. The molecule has 2 rings (SSSR count). The van der Waals surface area contributed by atoms with Crippen LogP contribution in [0.15, 0.2) is 58.8 Å². The molecule has 0 saturated heterocycles. The molecule has 0 saturated carbocycles. The first-order valence-corrected chi connectivity index (χ1v) is 11.0. The second kappa shape index (κ2) is 10.5. The smallest absolute Gasteiger partial charge is 0.119 e. The molecule has 23 heavy (non-hydrogen) atoms. The lowest BCUT2D eigenvalue weighted by atomic mass is 10.2. The molecule has 0 aliphatic heterocycles. The Balaban J connectivity index is 1.66. The Bertz CT molecular complexity index is 662. The van der Waals surface area contributed by atoms with Crippen LogP contribution in [-0.4, -0.2) is 12.9 Å². The molecule has 2 aromatic rings. The molecule has 2 aromatic carbocycles. The predicted octanol–water partition coefficient (Wildman–Crippen LogP) is 7.19. The van der Waals surface area contributed by atoms with Crippen LogP contribution in [0.4, 0.5) is 0 Å². The molecule has 0 amide bonds. The van der Waals surface area contributed by atoms with E-state index in [2.05, 4.69) is 17.6 Å². The summed E-state index contributed by atoms with van der Waals surface area (Å²) in [5, 5.41) is 3.33. The van der Waals surface area contributed by atoms with E-state index in [-0.39, 0.29) is 0 Å². The summed E-state index contributed by atoms with van der Waals surface area (Å²) in [5.41, 5.74) is 1.18. The van der Waals surface area contributed by atoms with Crippen LogP contribution in [0.5, 0.6) is 5.75 Å². The van der Waals surface area contributed by atoms with Gasteiger partial charge in [-0.1, -0.05) is 63.0 Å². The summed E-state index contributed by atoms with van der Waals surface area (Å²) in [4.78, 5) is 1.21. The van der Waals surface area contributed by atoms with Gasteiger partial charge in [0.25, 0.3) is 0 Å². The maximum atomic E-state index is 6.00. The zero-order valence-electron chi connectivity index (χ0n) is 12.5. The predicted molar refractivity (Wildman–Crippen MR) is 108 cm³/mol. The van der Waals surface area contributed by atoms with Gasteiger partial charge >= 0.3 is 0 Å². The topological polar surface area (TPSA) is 9.23 Å². The summed E-state index contributed by atoms with van der Waals surface area (Å²) in [5.74, 6) is 2.73. The molecule has 0 bridgehead atoms. The van der Waals surface area contributed by atoms with Gasteiger partial charge in [-0.15, -0.1) is 11.8 Å². The second-order valence-electron chi connectivity index (χ2n) is 4.47. The lowest BCUT2D eigenvalue weighted by Gasteiger charge is -2.02. The Morgan fingerprint density at radius 2 is 1.96 bits per heavy atom. The molecule has 0 fully saturated rings. The normalized spacial score (nSPS) is 11.1. The van der Waals surface area contributed by atoms with Gasteiger partial charge in [0.05, 0.1) is 17.2 Å². The van der Waals surface area contributed by atoms with Crippen LogP contribution in [0.25, 0.3) is 0 Å². The van der Waals surface area contributed by atoms with E-state index in [4.69, 9.17) is 27.9 Å². The maximum Gasteiger partial charge on any atom is 0.119 e. The number of thioether (sulfide) groups is 1. The monoisotopic (exact) mass is 402 g/mol. The fourth-order valence-corrected chi connectivity index (χ4v) is 4.61. The van der Waals surface area contributed by atoms with Crippen LogP contribution in [0.1, 0.15) is 5.56 Å². The van der Waals surface area contributed by atoms with E-state index in [1.165, 1.54) is 10.5 Å². The number of benzene rings is 2. The van der Waals surface area contributed by atoms with Gasteiger partial charge in [0.2, 0.25) is 0 Å². The van der Waals surface area contributed by atoms with Crippen molar-refractivity contribution in [1.82, 2.24) is 0 Å². The standard InChI is InChI=1S/C17H16Cl2OS3/c1-20-14-4-2-5-15(11-14)21-8-3-9-22-23-12-13-6-7-16(18)17(19)10-13/h2-7,9-11H,8,12H2,1H3/b9-3+. The van der Waals surface area contributed by atoms with Crippen molar-refractivity contribution in [3.05, 3.63) is 69.6 Å². The third-order valence-corrected chi connectivity index (χ3v) is 6.49. The van der Waals surface area contributed by atoms with Gasteiger partial charge in [-0.3, -0.25) is 0 Å². The average Bonchev–Trinajstić information content (AvgIpc) is 2.57. The summed E-state index contributed by atoms with van der Waals surface area (Å²) >= 11 is 13.7. The summed E-state index contributed by atoms with van der Waals surface area (Å²) < 4.78 is 5.22. The van der Waals surface area contributed by atoms with E-state index >= 15 is 0 Å².